The van der Waals surface area contributed by atoms with Crippen molar-refractivity contribution in [1.29, 1.82) is 0 Å². The number of aromatic nitrogens is 3. The lowest BCUT2D eigenvalue weighted by atomic mass is 9.93. The lowest BCUT2D eigenvalue weighted by molar-refractivity contribution is -0.152. The van der Waals surface area contributed by atoms with Crippen LogP contribution in [0.4, 0.5) is 5.82 Å². The molecule has 2 aromatic heterocycles. The van der Waals surface area contributed by atoms with E-state index in [0.717, 1.165) is 19.3 Å². The molecule has 0 spiro atoms. The third-order valence-corrected chi connectivity index (χ3v) is 5.05. The normalized spacial score (nSPS) is 27.9. The van der Waals surface area contributed by atoms with Gasteiger partial charge in [0.1, 0.15) is 42.4 Å². The first-order valence-corrected chi connectivity index (χ1v) is 9.16. The number of hydrogen-bond acceptors (Lipinski definition) is 8. The van der Waals surface area contributed by atoms with Crippen LogP contribution >= 0.6 is 0 Å². The molecule has 0 amide bonds. The summed E-state index contributed by atoms with van der Waals surface area (Å²) < 4.78 is 12.7. The van der Waals surface area contributed by atoms with Crippen molar-refractivity contribution >= 4 is 17.3 Å². The van der Waals surface area contributed by atoms with E-state index in [1.54, 1.807) is 19.1 Å². The van der Waals surface area contributed by atoms with Crippen LogP contribution in [0.25, 0.3) is 5.52 Å². The number of nitrogens with zero attached hydrogens (tertiary/aromatic N) is 3. The van der Waals surface area contributed by atoms with Crippen LogP contribution in [-0.2, 0) is 19.9 Å². The van der Waals surface area contributed by atoms with Crippen LogP contribution in [0.1, 0.15) is 45.2 Å². The molecule has 9 heteroatoms. The molecular weight excluding hydrogens is 352 g/mol. The highest BCUT2D eigenvalue weighted by Crippen LogP contribution is 2.40. The molecule has 0 unspecified atom stereocenters. The number of ether oxygens (including phenoxy) is 2. The van der Waals surface area contributed by atoms with E-state index in [1.807, 2.05) is 0 Å². The second-order valence-corrected chi connectivity index (χ2v) is 7.00. The summed E-state index contributed by atoms with van der Waals surface area (Å²) in [4.78, 5) is 15.7. The molecule has 4 N–H and O–H groups in total. The molecule has 3 rings (SSSR count). The summed E-state index contributed by atoms with van der Waals surface area (Å²) in [5, 5.41) is 25.2. The largest absolute Gasteiger partial charge is 0.463 e. The van der Waals surface area contributed by atoms with Gasteiger partial charge in [0.25, 0.3) is 0 Å². The number of esters is 1. The molecule has 0 aliphatic carbocycles. The number of unbranched alkanes of at least 4 members (excludes halogenated alkanes) is 2. The summed E-state index contributed by atoms with van der Waals surface area (Å²) in [5.74, 6) is -0.0403. The highest BCUT2D eigenvalue weighted by molar-refractivity contribution is 5.69. The van der Waals surface area contributed by atoms with E-state index in [2.05, 4.69) is 17.0 Å². The summed E-state index contributed by atoms with van der Waals surface area (Å²) >= 11 is 0. The molecule has 3 heterocycles. The van der Waals surface area contributed by atoms with Gasteiger partial charge in [0.2, 0.25) is 0 Å². The molecule has 4 atom stereocenters. The maximum Gasteiger partial charge on any atom is 0.305 e. The summed E-state index contributed by atoms with van der Waals surface area (Å²) in [6.07, 6.45) is 1.10. The number of aliphatic hydroxyl groups excluding tert-OH is 2. The Balaban J connectivity index is 1.73. The summed E-state index contributed by atoms with van der Waals surface area (Å²) in [6, 6.07) is 3.44. The summed E-state index contributed by atoms with van der Waals surface area (Å²) in [6.45, 7) is 3.59. The average molecular weight is 378 g/mol. The smallest absolute Gasteiger partial charge is 0.305 e. The van der Waals surface area contributed by atoms with Crippen molar-refractivity contribution < 1.29 is 24.5 Å². The minimum atomic E-state index is -1.24. The van der Waals surface area contributed by atoms with Gasteiger partial charge < -0.3 is 25.4 Å². The minimum absolute atomic E-state index is 0.126. The zero-order chi connectivity index (χ0) is 19.6. The van der Waals surface area contributed by atoms with E-state index < -0.39 is 23.9 Å². The highest BCUT2D eigenvalue weighted by atomic mass is 16.6. The van der Waals surface area contributed by atoms with Gasteiger partial charge in [-0.25, -0.2) is 9.50 Å². The zero-order valence-corrected chi connectivity index (χ0v) is 15.5. The van der Waals surface area contributed by atoms with Gasteiger partial charge >= 0.3 is 5.97 Å². The molecule has 148 valence electrons. The maximum absolute atomic E-state index is 11.8. The first-order chi connectivity index (χ1) is 12.9. The average Bonchev–Trinajstić information content (AvgIpc) is 3.18. The summed E-state index contributed by atoms with van der Waals surface area (Å²) in [5.41, 5.74) is 5.70. The van der Waals surface area contributed by atoms with Crippen LogP contribution in [0.15, 0.2) is 18.5 Å². The molecule has 2 aromatic rings. The lowest BCUT2D eigenvalue weighted by Crippen LogP contribution is -2.39. The third-order valence-electron chi connectivity index (χ3n) is 5.05. The molecule has 1 aliphatic heterocycles. The van der Waals surface area contributed by atoms with Crippen molar-refractivity contribution in [2.75, 3.05) is 12.3 Å². The van der Waals surface area contributed by atoms with E-state index in [1.165, 1.54) is 10.8 Å². The monoisotopic (exact) mass is 378 g/mol. The molecule has 1 aliphatic rings. The van der Waals surface area contributed by atoms with Crippen molar-refractivity contribution in [3.8, 4) is 0 Å². The number of nitrogens with two attached hydrogens (primary N) is 1. The van der Waals surface area contributed by atoms with Crippen molar-refractivity contribution in [3.05, 3.63) is 24.2 Å². The molecule has 1 saturated heterocycles. The Morgan fingerprint density at radius 1 is 1.41 bits per heavy atom. The number of hydrogen-bond donors (Lipinski definition) is 3. The summed E-state index contributed by atoms with van der Waals surface area (Å²) in [7, 11) is 0. The predicted octanol–water partition coefficient (Wildman–Crippen LogP) is 0.771. The number of rotatable bonds is 7. The van der Waals surface area contributed by atoms with Crippen molar-refractivity contribution in [1.82, 2.24) is 14.6 Å². The molecule has 0 radical (unpaired) electrons. The highest BCUT2D eigenvalue weighted by Gasteiger charge is 2.53. The Kier molecular flexibility index (Phi) is 5.64. The fourth-order valence-corrected chi connectivity index (χ4v) is 3.42. The van der Waals surface area contributed by atoms with Gasteiger partial charge in [-0.2, -0.15) is 5.10 Å². The molecule has 27 heavy (non-hydrogen) atoms. The van der Waals surface area contributed by atoms with E-state index >= 15 is 0 Å². The van der Waals surface area contributed by atoms with Crippen LogP contribution in [-0.4, -0.2) is 55.7 Å². The van der Waals surface area contributed by atoms with Crippen molar-refractivity contribution in [2.45, 2.75) is 63.4 Å². The SMILES string of the molecule is CCCCCC(=O)OC[C@H]1O[C@@](C)(c2ccc3c(N)ncnn23)[C@H](O)[C@@H]1O. The van der Waals surface area contributed by atoms with Crippen molar-refractivity contribution in [2.24, 2.45) is 0 Å². The fraction of sp³-hybridized carbons (Fsp3) is 0.611. The van der Waals surface area contributed by atoms with Gasteiger partial charge in [-0.3, -0.25) is 4.79 Å². The van der Waals surface area contributed by atoms with Crippen LogP contribution in [0.3, 0.4) is 0 Å². The Labute approximate surface area is 157 Å². The molecule has 0 aromatic carbocycles. The Morgan fingerprint density at radius 2 is 2.19 bits per heavy atom. The Hall–Kier alpha value is -2.23. The first-order valence-electron chi connectivity index (χ1n) is 9.16. The van der Waals surface area contributed by atoms with E-state index in [4.69, 9.17) is 15.2 Å². The fourth-order valence-electron chi connectivity index (χ4n) is 3.42. The van der Waals surface area contributed by atoms with Gasteiger partial charge in [0.05, 0.1) is 5.69 Å². The lowest BCUT2D eigenvalue weighted by Gasteiger charge is -2.27. The number of anilines is 1. The molecule has 9 nitrogen and oxygen atoms in total. The van der Waals surface area contributed by atoms with Gasteiger partial charge in [0.15, 0.2) is 5.82 Å². The number of carbonyl (C=O) groups is 1. The first kappa shape index (κ1) is 19.5. The maximum atomic E-state index is 11.8. The Bertz CT molecular complexity index is 810. The van der Waals surface area contributed by atoms with Crippen LogP contribution in [0.2, 0.25) is 0 Å². The minimum Gasteiger partial charge on any atom is -0.463 e. The number of carbonyl (C=O) groups excluding carboxylic acids is 1. The van der Waals surface area contributed by atoms with E-state index in [9.17, 15) is 15.0 Å². The van der Waals surface area contributed by atoms with Crippen LogP contribution in [0, 0.1) is 0 Å². The quantitative estimate of drug-likeness (QED) is 0.475. The topological polar surface area (TPSA) is 132 Å². The Morgan fingerprint density at radius 3 is 2.93 bits per heavy atom. The van der Waals surface area contributed by atoms with Gasteiger partial charge in [-0.05, 0) is 25.5 Å². The van der Waals surface area contributed by atoms with E-state index in [0.29, 0.717) is 23.4 Å². The number of aliphatic hydroxyl groups is 2. The van der Waals surface area contributed by atoms with Crippen LogP contribution < -0.4 is 5.73 Å². The molecular formula is C18H26N4O5. The standard InChI is InChI=1S/C18H26N4O5/c1-3-4-5-6-14(23)26-9-12-15(24)16(25)18(2,27-12)13-8-7-11-17(19)20-10-21-22(11)13/h7-8,10,12,15-16,24-25H,3-6,9H2,1-2H3,(H2,19,20,21)/t12-,15-,16-,18+/m1/s1. The van der Waals surface area contributed by atoms with Gasteiger partial charge in [-0.1, -0.05) is 19.8 Å². The second-order valence-electron chi connectivity index (χ2n) is 7.00. The van der Waals surface area contributed by atoms with Crippen LogP contribution in [0.5, 0.6) is 0 Å². The molecule has 1 fully saturated rings. The third kappa shape index (κ3) is 3.62. The number of fused-ring (bicyclic) bond motifs is 1. The van der Waals surface area contributed by atoms with Gasteiger partial charge in [-0.15, -0.1) is 0 Å². The predicted molar refractivity (Wildman–Crippen MR) is 96.7 cm³/mol. The zero-order valence-electron chi connectivity index (χ0n) is 15.5. The van der Waals surface area contributed by atoms with Gasteiger partial charge in [0, 0.05) is 6.42 Å². The molecule has 0 bridgehead atoms. The van der Waals surface area contributed by atoms with Crippen molar-refractivity contribution in [3.63, 3.8) is 0 Å². The van der Waals surface area contributed by atoms with E-state index in [-0.39, 0.29) is 12.6 Å². The number of nitrogen functional groups attached to an aromatic ring is 1. The second kappa shape index (κ2) is 7.79. The molecule has 0 saturated carbocycles.